The second-order valence-electron chi connectivity index (χ2n) is 5.93. The Bertz CT molecular complexity index is 415. The summed E-state index contributed by atoms with van der Waals surface area (Å²) >= 11 is 0. The van der Waals surface area contributed by atoms with Crippen LogP contribution in [0.3, 0.4) is 0 Å². The van der Waals surface area contributed by atoms with Gasteiger partial charge in [-0.2, -0.15) is 0 Å². The van der Waals surface area contributed by atoms with E-state index < -0.39 is 0 Å². The molecule has 1 atom stereocenters. The first-order chi connectivity index (χ1) is 10.1. The second-order valence-corrected chi connectivity index (χ2v) is 5.93. The first-order valence-corrected chi connectivity index (χ1v) is 7.71. The zero-order valence-corrected chi connectivity index (χ0v) is 13.3. The van der Waals surface area contributed by atoms with Crippen LogP contribution in [0.15, 0.2) is 4.42 Å². The van der Waals surface area contributed by atoms with E-state index in [4.69, 9.17) is 4.42 Å². The highest BCUT2D eigenvalue weighted by molar-refractivity contribution is 5.25. The average molecular weight is 297 g/mol. The molecule has 1 aliphatic heterocycles. The number of nitrogens with zero attached hydrogens (tertiary/aromatic N) is 5. The molecule has 2 heterocycles. The minimum atomic E-state index is -0.300. The summed E-state index contributed by atoms with van der Waals surface area (Å²) in [5.41, 5.74) is 0. The second kappa shape index (κ2) is 7.72. The summed E-state index contributed by atoms with van der Waals surface area (Å²) in [5.74, 6) is 0.719. The van der Waals surface area contributed by atoms with Gasteiger partial charge in [-0.1, -0.05) is 12.0 Å². The van der Waals surface area contributed by atoms with Crippen molar-refractivity contribution in [1.29, 1.82) is 0 Å². The molecule has 7 heteroatoms. The van der Waals surface area contributed by atoms with Crippen molar-refractivity contribution in [2.45, 2.75) is 25.9 Å². The molecule has 0 radical (unpaired) electrons. The molecule has 1 fully saturated rings. The van der Waals surface area contributed by atoms with Gasteiger partial charge in [0.2, 0.25) is 5.89 Å². The number of likely N-dealkylation sites (N-methyl/N-ethyl adjacent to an activating group) is 1. The zero-order valence-electron chi connectivity index (χ0n) is 13.3. The van der Waals surface area contributed by atoms with Crippen LogP contribution in [0.1, 0.15) is 19.2 Å². The number of aromatic nitrogens is 2. The number of aryl methyl sites for hydroxylation is 1. The molecular formula is C14H27N5O2. The summed E-state index contributed by atoms with van der Waals surface area (Å²) in [6, 6.07) is 0.631. The molecule has 2 rings (SSSR count). The fourth-order valence-electron chi connectivity index (χ4n) is 2.59. The van der Waals surface area contributed by atoms with Crippen LogP contribution in [0, 0.1) is 0 Å². The van der Waals surface area contributed by atoms with Crippen molar-refractivity contribution in [3.05, 3.63) is 5.89 Å². The normalized spacial score (nSPS) is 18.4. The van der Waals surface area contributed by atoms with Gasteiger partial charge in [-0.15, -0.1) is 5.10 Å². The first kappa shape index (κ1) is 16.2. The highest BCUT2D eigenvalue weighted by Crippen LogP contribution is 2.15. The first-order valence-electron chi connectivity index (χ1n) is 7.71. The predicted molar refractivity (Wildman–Crippen MR) is 81.5 cm³/mol. The van der Waals surface area contributed by atoms with Crippen LogP contribution in [-0.2, 0) is 6.42 Å². The minimum Gasteiger partial charge on any atom is -0.408 e. The van der Waals surface area contributed by atoms with Gasteiger partial charge in [0.15, 0.2) is 0 Å². The topological polar surface area (TPSA) is 68.9 Å². The lowest BCUT2D eigenvalue weighted by molar-refractivity contribution is 0.0856. The smallest absolute Gasteiger partial charge is 0.318 e. The van der Waals surface area contributed by atoms with Crippen LogP contribution in [0.2, 0.25) is 0 Å². The molecule has 120 valence electrons. The van der Waals surface area contributed by atoms with E-state index in [0.717, 1.165) is 51.5 Å². The molecule has 0 spiro atoms. The SMILES string of the molecule is CCCc1nnc(N2CCN(CC(O)CN(C)C)CC2)o1. The van der Waals surface area contributed by atoms with Gasteiger partial charge >= 0.3 is 6.01 Å². The molecule has 0 aromatic carbocycles. The number of aliphatic hydroxyl groups excluding tert-OH is 1. The van der Waals surface area contributed by atoms with Gasteiger partial charge in [-0.25, -0.2) is 0 Å². The predicted octanol–water partition coefficient (Wildman–Crippen LogP) is 0.0666. The standard InChI is InChI=1S/C14H27N5O2/c1-4-5-13-15-16-14(21-13)19-8-6-18(7-9-19)11-12(20)10-17(2)3/h12,20H,4-11H2,1-3H3. The van der Waals surface area contributed by atoms with Crippen molar-refractivity contribution in [3.63, 3.8) is 0 Å². The molecule has 1 aromatic rings. The molecule has 21 heavy (non-hydrogen) atoms. The van der Waals surface area contributed by atoms with E-state index in [0.29, 0.717) is 12.6 Å². The largest absolute Gasteiger partial charge is 0.408 e. The monoisotopic (exact) mass is 297 g/mol. The lowest BCUT2D eigenvalue weighted by atomic mass is 10.2. The Hall–Kier alpha value is -1.18. The molecule has 0 saturated carbocycles. The molecular weight excluding hydrogens is 270 g/mol. The van der Waals surface area contributed by atoms with Crippen LogP contribution in [0.25, 0.3) is 0 Å². The Morgan fingerprint density at radius 2 is 1.95 bits per heavy atom. The third kappa shape index (κ3) is 4.94. The van der Waals surface area contributed by atoms with Crippen molar-refractivity contribution in [2.75, 3.05) is 58.3 Å². The Morgan fingerprint density at radius 1 is 1.24 bits per heavy atom. The fraction of sp³-hybridized carbons (Fsp3) is 0.857. The lowest BCUT2D eigenvalue weighted by Crippen LogP contribution is -2.49. The minimum absolute atomic E-state index is 0.300. The Morgan fingerprint density at radius 3 is 2.57 bits per heavy atom. The van der Waals surface area contributed by atoms with E-state index in [1.807, 2.05) is 19.0 Å². The van der Waals surface area contributed by atoms with E-state index in [2.05, 4.69) is 26.9 Å². The number of piperazine rings is 1. The maximum atomic E-state index is 9.98. The maximum absolute atomic E-state index is 9.98. The summed E-state index contributed by atoms with van der Waals surface area (Å²) in [4.78, 5) is 6.42. The average Bonchev–Trinajstić information content (AvgIpc) is 2.87. The van der Waals surface area contributed by atoms with Crippen molar-refractivity contribution in [3.8, 4) is 0 Å². The lowest BCUT2D eigenvalue weighted by Gasteiger charge is -2.34. The molecule has 1 saturated heterocycles. The number of hydrogen-bond acceptors (Lipinski definition) is 7. The quantitative estimate of drug-likeness (QED) is 0.763. The molecule has 0 bridgehead atoms. The van der Waals surface area contributed by atoms with Crippen LogP contribution < -0.4 is 4.90 Å². The van der Waals surface area contributed by atoms with Crippen molar-refractivity contribution >= 4 is 6.01 Å². The van der Waals surface area contributed by atoms with Gasteiger partial charge in [-0.3, -0.25) is 4.90 Å². The van der Waals surface area contributed by atoms with Crippen LogP contribution in [-0.4, -0.2) is 84.6 Å². The molecule has 7 nitrogen and oxygen atoms in total. The highest BCUT2D eigenvalue weighted by atomic mass is 16.4. The van der Waals surface area contributed by atoms with E-state index in [1.54, 1.807) is 0 Å². The van der Waals surface area contributed by atoms with E-state index in [9.17, 15) is 5.11 Å². The van der Waals surface area contributed by atoms with E-state index in [-0.39, 0.29) is 6.10 Å². The Labute approximate surface area is 126 Å². The molecule has 1 N–H and O–H groups in total. The highest BCUT2D eigenvalue weighted by Gasteiger charge is 2.22. The van der Waals surface area contributed by atoms with Crippen molar-refractivity contribution in [1.82, 2.24) is 20.0 Å². The number of anilines is 1. The van der Waals surface area contributed by atoms with Gasteiger partial charge in [0.1, 0.15) is 0 Å². The molecule has 0 amide bonds. The Kier molecular flexibility index (Phi) is 5.96. The summed E-state index contributed by atoms with van der Waals surface area (Å²) in [7, 11) is 3.95. The van der Waals surface area contributed by atoms with E-state index >= 15 is 0 Å². The van der Waals surface area contributed by atoms with Crippen LogP contribution in [0.5, 0.6) is 0 Å². The number of hydrogen-bond donors (Lipinski definition) is 1. The van der Waals surface area contributed by atoms with Gasteiger partial charge in [0, 0.05) is 45.7 Å². The third-order valence-corrected chi connectivity index (χ3v) is 3.61. The fourth-order valence-corrected chi connectivity index (χ4v) is 2.59. The summed E-state index contributed by atoms with van der Waals surface area (Å²) in [6.45, 7) is 7.07. The number of aliphatic hydroxyl groups is 1. The van der Waals surface area contributed by atoms with Crippen LogP contribution in [0.4, 0.5) is 6.01 Å². The molecule has 1 aliphatic rings. The number of β-amino-alcohol motifs (C(OH)–C–C–N with tert-alkyl or cyclic N) is 1. The summed E-state index contributed by atoms with van der Waals surface area (Å²) in [5, 5.41) is 18.2. The van der Waals surface area contributed by atoms with Gasteiger partial charge in [0.25, 0.3) is 0 Å². The summed E-state index contributed by atoms with van der Waals surface area (Å²) in [6.07, 6.45) is 1.55. The van der Waals surface area contributed by atoms with Gasteiger partial charge < -0.3 is 19.3 Å². The van der Waals surface area contributed by atoms with Crippen LogP contribution >= 0.6 is 0 Å². The van der Waals surface area contributed by atoms with Crippen molar-refractivity contribution in [2.24, 2.45) is 0 Å². The summed E-state index contributed by atoms with van der Waals surface area (Å²) < 4.78 is 5.66. The van der Waals surface area contributed by atoms with Gasteiger partial charge in [-0.05, 0) is 20.5 Å². The van der Waals surface area contributed by atoms with Crippen molar-refractivity contribution < 1.29 is 9.52 Å². The number of rotatable bonds is 7. The Balaban J connectivity index is 1.77. The zero-order chi connectivity index (χ0) is 15.2. The molecule has 1 aromatic heterocycles. The van der Waals surface area contributed by atoms with E-state index in [1.165, 1.54) is 0 Å². The molecule has 1 unspecified atom stereocenters. The van der Waals surface area contributed by atoms with Gasteiger partial charge in [0.05, 0.1) is 6.10 Å². The molecule has 0 aliphatic carbocycles. The maximum Gasteiger partial charge on any atom is 0.318 e. The third-order valence-electron chi connectivity index (χ3n) is 3.61.